The Labute approximate surface area is 165 Å². The van der Waals surface area contributed by atoms with Gasteiger partial charge in [-0.25, -0.2) is 0 Å². The summed E-state index contributed by atoms with van der Waals surface area (Å²) < 4.78 is 11.0. The van der Waals surface area contributed by atoms with Crippen molar-refractivity contribution in [2.45, 2.75) is 33.3 Å². The Morgan fingerprint density at radius 1 is 1.11 bits per heavy atom. The van der Waals surface area contributed by atoms with E-state index in [4.69, 9.17) is 9.47 Å². The molecule has 148 valence electrons. The van der Waals surface area contributed by atoms with Crippen LogP contribution in [0.2, 0.25) is 0 Å². The summed E-state index contributed by atoms with van der Waals surface area (Å²) in [5.74, 6) is 0.928. The van der Waals surface area contributed by atoms with E-state index in [1.54, 1.807) is 17.0 Å². The Morgan fingerprint density at radius 2 is 1.75 bits per heavy atom. The maximum Gasteiger partial charge on any atom is 0.229 e. The predicted molar refractivity (Wildman–Crippen MR) is 109 cm³/mol. The molecule has 6 nitrogen and oxygen atoms in total. The molecule has 1 aliphatic rings. The summed E-state index contributed by atoms with van der Waals surface area (Å²) in [5, 5.41) is 2.88. The van der Waals surface area contributed by atoms with E-state index in [-0.39, 0.29) is 30.3 Å². The average Bonchev–Trinajstić information content (AvgIpc) is 3.06. The van der Waals surface area contributed by atoms with Gasteiger partial charge in [0.15, 0.2) is 0 Å². The molecule has 28 heavy (non-hydrogen) atoms. The second-order valence-electron chi connectivity index (χ2n) is 7.01. The lowest BCUT2D eigenvalue weighted by Crippen LogP contribution is -2.28. The normalized spacial score (nSPS) is 16.4. The first kappa shape index (κ1) is 19.7. The van der Waals surface area contributed by atoms with Gasteiger partial charge < -0.3 is 19.7 Å². The highest BCUT2D eigenvalue weighted by Gasteiger charge is 2.35. The molecule has 0 spiro atoms. The van der Waals surface area contributed by atoms with Crippen LogP contribution in [0.15, 0.2) is 48.5 Å². The molecule has 0 aromatic heterocycles. The Hall–Kier alpha value is -3.02. The maximum atomic E-state index is 12.6. The first-order valence-electron chi connectivity index (χ1n) is 9.57. The van der Waals surface area contributed by atoms with E-state index in [1.807, 2.05) is 57.2 Å². The first-order valence-corrected chi connectivity index (χ1v) is 9.57. The molecule has 0 saturated carbocycles. The van der Waals surface area contributed by atoms with Crippen LogP contribution in [-0.2, 0) is 9.59 Å². The number of ether oxygens (including phenoxy) is 2. The lowest BCUT2D eigenvalue weighted by Gasteiger charge is -2.18. The Bertz CT molecular complexity index is 815. The van der Waals surface area contributed by atoms with Gasteiger partial charge in [-0.15, -0.1) is 0 Å². The highest BCUT2D eigenvalue weighted by molar-refractivity contribution is 6.03. The van der Waals surface area contributed by atoms with Gasteiger partial charge in [-0.2, -0.15) is 0 Å². The van der Waals surface area contributed by atoms with Crippen molar-refractivity contribution < 1.29 is 19.1 Å². The standard InChI is InChI=1S/C22H26N2O4/c1-4-27-19-9-5-17(6-10-19)23-22(26)16-13-21(25)24(14-16)18-7-11-20(12-8-18)28-15(2)3/h5-12,15-16H,4,13-14H2,1-3H3,(H,23,26). The summed E-state index contributed by atoms with van der Waals surface area (Å²) in [4.78, 5) is 26.7. The smallest absolute Gasteiger partial charge is 0.229 e. The minimum Gasteiger partial charge on any atom is -0.494 e. The molecule has 1 saturated heterocycles. The van der Waals surface area contributed by atoms with E-state index < -0.39 is 0 Å². The molecule has 1 unspecified atom stereocenters. The fourth-order valence-corrected chi connectivity index (χ4v) is 3.16. The molecule has 2 amide bonds. The lowest BCUT2D eigenvalue weighted by atomic mass is 10.1. The van der Waals surface area contributed by atoms with Crippen LogP contribution in [-0.4, -0.2) is 31.1 Å². The van der Waals surface area contributed by atoms with Crippen molar-refractivity contribution in [3.63, 3.8) is 0 Å². The summed E-state index contributed by atoms with van der Waals surface area (Å²) in [6.07, 6.45) is 0.294. The van der Waals surface area contributed by atoms with Crippen LogP contribution >= 0.6 is 0 Å². The fourth-order valence-electron chi connectivity index (χ4n) is 3.16. The summed E-state index contributed by atoms with van der Waals surface area (Å²) >= 11 is 0. The Balaban J connectivity index is 1.60. The van der Waals surface area contributed by atoms with Crippen LogP contribution in [0, 0.1) is 5.92 Å². The molecule has 0 bridgehead atoms. The second-order valence-corrected chi connectivity index (χ2v) is 7.01. The van der Waals surface area contributed by atoms with Crippen molar-refractivity contribution in [3.05, 3.63) is 48.5 Å². The first-order chi connectivity index (χ1) is 13.5. The number of hydrogen-bond acceptors (Lipinski definition) is 4. The van der Waals surface area contributed by atoms with E-state index >= 15 is 0 Å². The number of rotatable bonds is 7. The van der Waals surface area contributed by atoms with Gasteiger partial charge in [0.2, 0.25) is 11.8 Å². The topological polar surface area (TPSA) is 67.9 Å². The number of nitrogens with zero attached hydrogens (tertiary/aromatic N) is 1. The van der Waals surface area contributed by atoms with Crippen molar-refractivity contribution in [2.75, 3.05) is 23.4 Å². The van der Waals surface area contributed by atoms with Gasteiger partial charge in [0.1, 0.15) is 11.5 Å². The molecule has 0 aliphatic carbocycles. The van der Waals surface area contributed by atoms with E-state index in [0.717, 1.165) is 17.2 Å². The number of amides is 2. The number of carbonyl (C=O) groups excluding carboxylic acids is 2. The van der Waals surface area contributed by atoms with Gasteiger partial charge >= 0.3 is 0 Å². The number of hydrogen-bond donors (Lipinski definition) is 1. The van der Waals surface area contributed by atoms with Gasteiger partial charge in [0.25, 0.3) is 0 Å². The molecule has 1 atom stereocenters. The molecular weight excluding hydrogens is 356 g/mol. The quantitative estimate of drug-likeness (QED) is 0.789. The van der Waals surface area contributed by atoms with Crippen molar-refractivity contribution in [2.24, 2.45) is 5.92 Å². The number of benzene rings is 2. The van der Waals surface area contributed by atoms with Crippen molar-refractivity contribution in [3.8, 4) is 11.5 Å². The highest BCUT2D eigenvalue weighted by atomic mass is 16.5. The van der Waals surface area contributed by atoms with E-state index in [0.29, 0.717) is 18.8 Å². The van der Waals surface area contributed by atoms with E-state index in [1.165, 1.54) is 0 Å². The van der Waals surface area contributed by atoms with E-state index in [9.17, 15) is 9.59 Å². The van der Waals surface area contributed by atoms with Crippen LogP contribution in [0.3, 0.4) is 0 Å². The molecule has 0 radical (unpaired) electrons. The van der Waals surface area contributed by atoms with Gasteiger partial charge in [0.05, 0.1) is 18.6 Å². The largest absolute Gasteiger partial charge is 0.494 e. The van der Waals surface area contributed by atoms with Gasteiger partial charge in [-0.05, 0) is 69.3 Å². The zero-order valence-corrected chi connectivity index (χ0v) is 16.5. The summed E-state index contributed by atoms with van der Waals surface area (Å²) in [6.45, 7) is 6.81. The molecule has 3 rings (SSSR count). The second kappa shape index (κ2) is 8.78. The van der Waals surface area contributed by atoms with Crippen LogP contribution < -0.4 is 19.7 Å². The molecule has 1 fully saturated rings. The van der Waals surface area contributed by atoms with Crippen LogP contribution in [0.25, 0.3) is 0 Å². The monoisotopic (exact) mass is 382 g/mol. The van der Waals surface area contributed by atoms with Crippen molar-refractivity contribution in [1.29, 1.82) is 0 Å². The minimum atomic E-state index is -0.384. The Morgan fingerprint density at radius 3 is 2.36 bits per heavy atom. The summed E-state index contributed by atoms with van der Waals surface area (Å²) in [5.41, 5.74) is 1.46. The predicted octanol–water partition coefficient (Wildman–Crippen LogP) is 3.86. The maximum absolute atomic E-state index is 12.6. The number of anilines is 2. The molecule has 1 N–H and O–H groups in total. The zero-order valence-electron chi connectivity index (χ0n) is 16.5. The third-order valence-electron chi connectivity index (χ3n) is 4.45. The lowest BCUT2D eigenvalue weighted by molar-refractivity contribution is -0.122. The Kier molecular flexibility index (Phi) is 6.19. The molecule has 1 heterocycles. The third-order valence-corrected chi connectivity index (χ3v) is 4.45. The van der Waals surface area contributed by atoms with Crippen LogP contribution in [0.5, 0.6) is 11.5 Å². The van der Waals surface area contributed by atoms with Gasteiger partial charge in [-0.1, -0.05) is 0 Å². The highest BCUT2D eigenvalue weighted by Crippen LogP contribution is 2.28. The molecule has 6 heteroatoms. The van der Waals surface area contributed by atoms with Crippen molar-refractivity contribution in [1.82, 2.24) is 0 Å². The zero-order chi connectivity index (χ0) is 20.1. The molecule has 2 aromatic carbocycles. The minimum absolute atomic E-state index is 0.0515. The average molecular weight is 382 g/mol. The van der Waals surface area contributed by atoms with Crippen LogP contribution in [0.4, 0.5) is 11.4 Å². The summed E-state index contributed by atoms with van der Waals surface area (Å²) in [7, 11) is 0. The van der Waals surface area contributed by atoms with Gasteiger partial charge in [-0.3, -0.25) is 9.59 Å². The number of nitrogens with one attached hydrogen (secondary N) is 1. The molecule has 1 aliphatic heterocycles. The molecule has 2 aromatic rings. The van der Waals surface area contributed by atoms with Gasteiger partial charge in [0, 0.05) is 24.3 Å². The number of carbonyl (C=O) groups is 2. The van der Waals surface area contributed by atoms with Crippen LogP contribution in [0.1, 0.15) is 27.2 Å². The SMILES string of the molecule is CCOc1ccc(NC(=O)C2CC(=O)N(c3ccc(OC(C)C)cc3)C2)cc1. The summed E-state index contributed by atoms with van der Waals surface area (Å²) in [6, 6.07) is 14.6. The fraction of sp³-hybridized carbons (Fsp3) is 0.364. The third kappa shape index (κ3) is 4.82. The van der Waals surface area contributed by atoms with Crippen molar-refractivity contribution >= 4 is 23.2 Å². The van der Waals surface area contributed by atoms with E-state index in [2.05, 4.69) is 5.32 Å². The molecular formula is C22H26N2O4.